The first-order chi connectivity index (χ1) is 16.1. The van der Waals surface area contributed by atoms with Crippen LogP contribution in [0.5, 0.6) is 5.75 Å². The molecule has 0 radical (unpaired) electrons. The van der Waals surface area contributed by atoms with Gasteiger partial charge in [-0.1, -0.05) is 67.4 Å². The van der Waals surface area contributed by atoms with Gasteiger partial charge in [0.15, 0.2) is 0 Å². The molecule has 168 valence electrons. The molecule has 1 N–H and O–H groups in total. The molecule has 1 amide bonds. The van der Waals surface area contributed by atoms with Crippen LogP contribution in [-0.4, -0.2) is 34.3 Å². The molecule has 1 unspecified atom stereocenters. The summed E-state index contributed by atoms with van der Waals surface area (Å²) in [6, 6.07) is 20.2. The van der Waals surface area contributed by atoms with E-state index in [0.717, 1.165) is 47.8 Å². The molecule has 5 rings (SSSR count). The number of likely N-dealkylation sites (tertiary alicyclic amines) is 1. The zero-order chi connectivity index (χ0) is 22.9. The molecule has 3 aromatic carbocycles. The van der Waals surface area contributed by atoms with E-state index in [1.54, 1.807) is 11.0 Å². The van der Waals surface area contributed by atoms with Crippen molar-refractivity contribution in [3.8, 4) is 5.75 Å². The van der Waals surface area contributed by atoms with E-state index in [4.69, 9.17) is 4.74 Å². The van der Waals surface area contributed by atoms with Gasteiger partial charge in [-0.05, 0) is 48.2 Å². The predicted molar refractivity (Wildman–Crippen MR) is 128 cm³/mol. The number of fused-ring (bicyclic) bond motifs is 1. The van der Waals surface area contributed by atoms with Gasteiger partial charge in [-0.25, -0.2) is 0 Å². The Morgan fingerprint density at radius 3 is 2.39 bits per heavy atom. The van der Waals surface area contributed by atoms with Crippen molar-refractivity contribution in [1.29, 1.82) is 0 Å². The molecule has 0 bridgehead atoms. The zero-order valence-electron chi connectivity index (χ0n) is 18.7. The van der Waals surface area contributed by atoms with Crippen LogP contribution in [0.1, 0.15) is 49.8 Å². The number of nitrogens with zero attached hydrogens (tertiary/aromatic N) is 1. The lowest BCUT2D eigenvalue weighted by Gasteiger charge is -2.31. The van der Waals surface area contributed by atoms with E-state index >= 15 is 0 Å². The van der Waals surface area contributed by atoms with Gasteiger partial charge in [0.2, 0.25) is 0 Å². The Kier molecular flexibility index (Phi) is 5.63. The second-order valence-corrected chi connectivity index (χ2v) is 8.67. The van der Waals surface area contributed by atoms with Crippen LogP contribution in [0.3, 0.4) is 0 Å². The van der Waals surface area contributed by atoms with Gasteiger partial charge < -0.3 is 14.7 Å². The molecule has 2 aliphatic rings. The fraction of sp³-hybridized carbons (Fsp3) is 0.286. The lowest BCUT2D eigenvalue weighted by atomic mass is 9.93. The van der Waals surface area contributed by atoms with Crippen LogP contribution in [0.25, 0.3) is 16.5 Å². The van der Waals surface area contributed by atoms with Gasteiger partial charge in [0.25, 0.3) is 11.7 Å². The molecule has 5 nitrogen and oxygen atoms in total. The van der Waals surface area contributed by atoms with E-state index in [2.05, 4.69) is 0 Å². The normalized spacial score (nSPS) is 20.6. The number of hydrogen-bond donors (Lipinski definition) is 1. The maximum atomic E-state index is 13.3. The van der Waals surface area contributed by atoms with Crippen molar-refractivity contribution >= 4 is 28.2 Å². The number of amides is 1. The summed E-state index contributed by atoms with van der Waals surface area (Å²) in [6.07, 6.45) is 3.81. The largest absolute Gasteiger partial charge is 0.507 e. The van der Waals surface area contributed by atoms with Crippen molar-refractivity contribution in [3.05, 3.63) is 83.4 Å². The van der Waals surface area contributed by atoms with E-state index < -0.39 is 17.7 Å². The van der Waals surface area contributed by atoms with Gasteiger partial charge in [0.1, 0.15) is 11.5 Å². The topological polar surface area (TPSA) is 66.8 Å². The molecule has 3 aromatic rings. The quantitative estimate of drug-likeness (QED) is 0.318. The first-order valence-electron chi connectivity index (χ1n) is 11.6. The summed E-state index contributed by atoms with van der Waals surface area (Å²) in [5.74, 6) is -0.536. The SMILES string of the molecule is CCOc1ccc(C2/C(=C(/O)c3cccc4ccccc34)C(=O)C(=O)N2C2CCCC2)cc1. The first kappa shape index (κ1) is 21.3. The molecule has 1 saturated heterocycles. The van der Waals surface area contributed by atoms with Crippen LogP contribution >= 0.6 is 0 Å². The van der Waals surface area contributed by atoms with Crippen molar-refractivity contribution in [1.82, 2.24) is 4.90 Å². The third-order valence-electron chi connectivity index (χ3n) is 6.75. The minimum Gasteiger partial charge on any atom is -0.507 e. The highest BCUT2D eigenvalue weighted by Gasteiger charge is 2.49. The maximum absolute atomic E-state index is 13.3. The number of carbonyl (C=O) groups excluding carboxylic acids is 2. The maximum Gasteiger partial charge on any atom is 0.295 e. The zero-order valence-corrected chi connectivity index (χ0v) is 18.7. The first-order valence-corrected chi connectivity index (χ1v) is 11.6. The predicted octanol–water partition coefficient (Wildman–Crippen LogP) is 5.60. The number of carbonyl (C=O) groups is 2. The second-order valence-electron chi connectivity index (χ2n) is 8.67. The van der Waals surface area contributed by atoms with Crippen LogP contribution < -0.4 is 4.74 Å². The fourth-order valence-electron chi connectivity index (χ4n) is 5.23. The molecule has 2 fully saturated rings. The van der Waals surface area contributed by atoms with Gasteiger partial charge in [0, 0.05) is 11.6 Å². The Morgan fingerprint density at radius 1 is 0.970 bits per heavy atom. The molecule has 1 atom stereocenters. The van der Waals surface area contributed by atoms with Crippen LogP contribution in [0.2, 0.25) is 0 Å². The highest BCUT2D eigenvalue weighted by molar-refractivity contribution is 6.46. The molecule has 33 heavy (non-hydrogen) atoms. The van der Waals surface area contributed by atoms with Gasteiger partial charge in [-0.15, -0.1) is 0 Å². The minimum absolute atomic E-state index is 0.00386. The molecule has 1 saturated carbocycles. The van der Waals surface area contributed by atoms with Crippen molar-refractivity contribution in [3.63, 3.8) is 0 Å². The van der Waals surface area contributed by atoms with Crippen molar-refractivity contribution < 1.29 is 19.4 Å². The Labute approximate surface area is 193 Å². The molecular formula is C28H27NO4. The number of ketones is 1. The highest BCUT2D eigenvalue weighted by Crippen LogP contribution is 2.44. The third-order valence-corrected chi connectivity index (χ3v) is 6.75. The standard InChI is InChI=1S/C28H27NO4/c1-2-33-21-16-14-19(15-17-21)25-24(27(31)28(32)29(25)20-10-4-5-11-20)26(30)23-13-7-9-18-8-3-6-12-22(18)23/h3,6-9,12-17,20,25,30H,2,4-5,10-11H2,1H3/b26-24-. The smallest absolute Gasteiger partial charge is 0.295 e. The van der Waals surface area contributed by atoms with Crippen molar-refractivity contribution in [2.24, 2.45) is 0 Å². The number of benzene rings is 3. The molecule has 0 aromatic heterocycles. The Morgan fingerprint density at radius 2 is 1.67 bits per heavy atom. The number of aliphatic hydroxyl groups is 1. The van der Waals surface area contributed by atoms with E-state index in [0.29, 0.717) is 12.2 Å². The average molecular weight is 442 g/mol. The summed E-state index contributed by atoms with van der Waals surface area (Å²) in [4.78, 5) is 28.3. The lowest BCUT2D eigenvalue weighted by molar-refractivity contribution is -0.141. The van der Waals surface area contributed by atoms with Crippen LogP contribution in [0.15, 0.2) is 72.3 Å². The van der Waals surface area contributed by atoms with Gasteiger partial charge in [0.05, 0.1) is 18.2 Å². The monoisotopic (exact) mass is 441 g/mol. The van der Waals surface area contributed by atoms with Crippen molar-refractivity contribution in [2.45, 2.75) is 44.7 Å². The number of rotatable bonds is 5. The molecule has 0 spiro atoms. The third kappa shape index (κ3) is 3.67. The lowest BCUT2D eigenvalue weighted by Crippen LogP contribution is -2.37. The Balaban J connectivity index is 1.69. The van der Waals surface area contributed by atoms with E-state index in [9.17, 15) is 14.7 Å². The molecule has 5 heteroatoms. The number of Topliss-reactive ketones (excluding diaryl/α,β-unsaturated/α-hetero) is 1. The van der Waals surface area contributed by atoms with Gasteiger partial charge in [-0.2, -0.15) is 0 Å². The summed E-state index contributed by atoms with van der Waals surface area (Å²) in [5.41, 5.74) is 1.52. The second kappa shape index (κ2) is 8.74. The summed E-state index contributed by atoms with van der Waals surface area (Å²) < 4.78 is 5.58. The van der Waals surface area contributed by atoms with Crippen LogP contribution in [0.4, 0.5) is 0 Å². The van der Waals surface area contributed by atoms with Gasteiger partial charge in [-0.3, -0.25) is 9.59 Å². The van der Waals surface area contributed by atoms with Crippen LogP contribution in [-0.2, 0) is 9.59 Å². The summed E-state index contributed by atoms with van der Waals surface area (Å²) in [5, 5.41) is 13.3. The Bertz CT molecular complexity index is 1230. The van der Waals surface area contributed by atoms with E-state index in [-0.39, 0.29) is 17.4 Å². The highest BCUT2D eigenvalue weighted by atomic mass is 16.5. The molecule has 1 aliphatic carbocycles. The minimum atomic E-state index is -0.622. The Hall–Kier alpha value is -3.60. The summed E-state index contributed by atoms with van der Waals surface area (Å²) in [6.45, 7) is 2.48. The van der Waals surface area contributed by atoms with Gasteiger partial charge >= 0.3 is 0 Å². The molecular weight excluding hydrogens is 414 g/mol. The molecule has 1 heterocycles. The average Bonchev–Trinajstić information content (AvgIpc) is 3.46. The summed E-state index contributed by atoms with van der Waals surface area (Å²) in [7, 11) is 0. The van der Waals surface area contributed by atoms with Crippen molar-refractivity contribution in [2.75, 3.05) is 6.61 Å². The summed E-state index contributed by atoms with van der Waals surface area (Å²) >= 11 is 0. The van der Waals surface area contributed by atoms with E-state index in [1.807, 2.05) is 67.6 Å². The van der Waals surface area contributed by atoms with Crippen LogP contribution in [0, 0.1) is 0 Å². The molecule has 1 aliphatic heterocycles. The number of aliphatic hydroxyl groups excluding tert-OH is 1. The van der Waals surface area contributed by atoms with E-state index in [1.165, 1.54) is 0 Å². The fourth-order valence-corrected chi connectivity index (χ4v) is 5.23. The number of ether oxygens (including phenoxy) is 1. The number of hydrogen-bond acceptors (Lipinski definition) is 4.